The van der Waals surface area contributed by atoms with Gasteiger partial charge in [-0.05, 0) is 83.0 Å². The Kier molecular flexibility index (Phi) is 7.33. The molecule has 6 nitrogen and oxygen atoms in total. The van der Waals surface area contributed by atoms with Gasteiger partial charge in [0.1, 0.15) is 0 Å². The van der Waals surface area contributed by atoms with Crippen LogP contribution < -0.4 is 0 Å². The second-order valence-electron chi connectivity index (χ2n) is 12.5. The SMILES string of the molecule is O=C(O)c1ccc(-c2c3ccc([nH]3)c(-c3ccccc3)c3nc(c(-c4ccccc4)c4nc(c(-c5ccccc5)c5ccc2[nH]5)C=C4)C=C3)cc1. The van der Waals surface area contributed by atoms with Crippen molar-refractivity contribution in [2.45, 2.75) is 0 Å². The molecule has 0 spiro atoms. The number of aromatic carboxylic acids is 1. The second kappa shape index (κ2) is 12.4. The van der Waals surface area contributed by atoms with Crippen LogP contribution in [0, 0.1) is 0 Å². The third-order valence-corrected chi connectivity index (χ3v) is 9.36. The average Bonchev–Trinajstić information content (AvgIpc) is 4.01. The summed E-state index contributed by atoms with van der Waals surface area (Å²) < 4.78 is 0. The molecule has 8 bridgehead atoms. The van der Waals surface area contributed by atoms with E-state index in [0.29, 0.717) is 0 Å². The van der Waals surface area contributed by atoms with Crippen LogP contribution in [0.2, 0.25) is 0 Å². The minimum atomic E-state index is -0.964. The number of rotatable bonds is 5. The summed E-state index contributed by atoms with van der Waals surface area (Å²) in [5.41, 5.74) is 14.9. The van der Waals surface area contributed by atoms with E-state index in [0.717, 1.165) is 89.4 Å². The molecule has 4 aromatic carbocycles. The fraction of sp³-hybridized carbons (Fsp3) is 0. The van der Waals surface area contributed by atoms with Crippen molar-refractivity contribution in [3.8, 4) is 44.5 Å². The van der Waals surface area contributed by atoms with Crippen LogP contribution in [-0.4, -0.2) is 31.0 Å². The summed E-state index contributed by atoms with van der Waals surface area (Å²) >= 11 is 0. The summed E-state index contributed by atoms with van der Waals surface area (Å²) in [6.45, 7) is 0. The zero-order valence-electron chi connectivity index (χ0n) is 27.3. The molecular formula is C45H30N4O2. The number of H-pyrrole nitrogens is 2. The second-order valence-corrected chi connectivity index (χ2v) is 12.5. The highest BCUT2D eigenvalue weighted by atomic mass is 16.4. The smallest absolute Gasteiger partial charge is 0.335 e. The molecule has 6 heteroatoms. The molecule has 0 radical (unpaired) electrons. The molecule has 0 atom stereocenters. The molecule has 3 aromatic heterocycles. The van der Waals surface area contributed by atoms with Crippen molar-refractivity contribution in [2.24, 2.45) is 0 Å². The molecular weight excluding hydrogens is 629 g/mol. The fourth-order valence-corrected chi connectivity index (χ4v) is 7.01. The molecule has 0 fully saturated rings. The maximum Gasteiger partial charge on any atom is 0.335 e. The Morgan fingerprint density at radius 2 is 0.725 bits per heavy atom. The standard InChI is InChI=1S/C45H30N4O2/c50-45(51)32-18-16-31(17-19-32)44-39-26-24-37(48-39)42(29-12-6-2-7-13-29)35-22-20-33(46-35)41(28-10-4-1-5-11-28)34-21-23-36(47-34)43(30-14-8-3-9-15-30)38-25-27-40(44)49-38/h1-27,48-49H,(H,50,51). The lowest BCUT2D eigenvalue weighted by molar-refractivity contribution is 0.0697. The van der Waals surface area contributed by atoms with Crippen molar-refractivity contribution >= 4 is 52.3 Å². The van der Waals surface area contributed by atoms with Gasteiger partial charge in [-0.2, -0.15) is 0 Å². The molecule has 2 aliphatic rings. The third kappa shape index (κ3) is 5.45. The number of fused-ring (bicyclic) bond motifs is 8. The predicted octanol–water partition coefficient (Wildman–Crippen LogP) is 11.0. The van der Waals surface area contributed by atoms with E-state index in [1.165, 1.54) is 0 Å². The zero-order chi connectivity index (χ0) is 34.3. The lowest BCUT2D eigenvalue weighted by Gasteiger charge is -2.07. The maximum atomic E-state index is 11.8. The quantitative estimate of drug-likeness (QED) is 0.171. The number of nitrogens with one attached hydrogen (secondary N) is 2. The number of nitrogens with zero attached hydrogens (tertiary/aromatic N) is 2. The molecule has 2 aliphatic heterocycles. The van der Waals surface area contributed by atoms with Crippen molar-refractivity contribution < 1.29 is 9.90 Å². The molecule has 0 unspecified atom stereocenters. The normalized spacial score (nSPS) is 11.9. The molecule has 9 rings (SSSR count). The van der Waals surface area contributed by atoms with Crippen molar-refractivity contribution in [2.75, 3.05) is 0 Å². The third-order valence-electron chi connectivity index (χ3n) is 9.36. The van der Waals surface area contributed by atoms with Crippen molar-refractivity contribution in [1.29, 1.82) is 0 Å². The largest absolute Gasteiger partial charge is 0.478 e. The van der Waals surface area contributed by atoms with Crippen LogP contribution >= 0.6 is 0 Å². The Bertz CT molecular complexity index is 2550. The minimum Gasteiger partial charge on any atom is -0.478 e. The van der Waals surface area contributed by atoms with Gasteiger partial charge < -0.3 is 15.1 Å². The van der Waals surface area contributed by atoms with Crippen molar-refractivity contribution in [3.05, 3.63) is 168 Å². The highest BCUT2D eigenvalue weighted by Crippen LogP contribution is 2.38. The van der Waals surface area contributed by atoms with Crippen LogP contribution in [0.25, 0.3) is 90.9 Å². The van der Waals surface area contributed by atoms with Gasteiger partial charge in [-0.25, -0.2) is 14.8 Å². The highest BCUT2D eigenvalue weighted by Gasteiger charge is 2.19. The van der Waals surface area contributed by atoms with Gasteiger partial charge in [-0.15, -0.1) is 0 Å². The Morgan fingerprint density at radius 3 is 1.12 bits per heavy atom. The number of carboxylic acids is 1. The van der Waals surface area contributed by atoms with E-state index in [9.17, 15) is 9.90 Å². The topological polar surface area (TPSA) is 94.7 Å². The monoisotopic (exact) mass is 658 g/mol. The Hall–Kier alpha value is -7.05. The van der Waals surface area contributed by atoms with Crippen LogP contribution in [0.15, 0.2) is 140 Å². The molecule has 51 heavy (non-hydrogen) atoms. The van der Waals surface area contributed by atoms with Crippen LogP contribution in [0.5, 0.6) is 0 Å². The summed E-state index contributed by atoms with van der Waals surface area (Å²) in [4.78, 5) is 29.8. The van der Waals surface area contributed by atoms with Gasteiger partial charge >= 0.3 is 5.97 Å². The molecule has 242 valence electrons. The Morgan fingerprint density at radius 1 is 0.392 bits per heavy atom. The van der Waals surface area contributed by atoms with E-state index in [2.05, 4.69) is 94.9 Å². The molecule has 0 aliphatic carbocycles. The first kappa shape index (κ1) is 30.0. The van der Waals surface area contributed by atoms with Gasteiger partial charge in [0.2, 0.25) is 0 Å². The summed E-state index contributed by atoms with van der Waals surface area (Å²) in [5.74, 6) is -0.964. The van der Waals surface area contributed by atoms with E-state index < -0.39 is 5.97 Å². The first-order chi connectivity index (χ1) is 25.1. The zero-order valence-corrected chi connectivity index (χ0v) is 27.3. The van der Waals surface area contributed by atoms with E-state index in [1.807, 2.05) is 66.7 Å². The van der Waals surface area contributed by atoms with Gasteiger partial charge in [-0.1, -0.05) is 103 Å². The van der Waals surface area contributed by atoms with Gasteiger partial charge in [0.05, 0.1) is 28.3 Å². The molecule has 3 N–H and O–H groups in total. The fourth-order valence-electron chi connectivity index (χ4n) is 7.01. The van der Waals surface area contributed by atoms with Crippen molar-refractivity contribution in [1.82, 2.24) is 19.9 Å². The number of aromatic nitrogens is 4. The molecule has 0 saturated carbocycles. The molecule has 0 amide bonds. The Balaban J connectivity index is 1.46. The summed E-state index contributed by atoms with van der Waals surface area (Å²) in [7, 11) is 0. The number of aromatic amines is 2. The first-order valence-electron chi connectivity index (χ1n) is 16.8. The lowest BCUT2D eigenvalue weighted by atomic mass is 10.0. The van der Waals surface area contributed by atoms with Gasteiger partial charge in [0, 0.05) is 44.3 Å². The summed E-state index contributed by atoms with van der Waals surface area (Å²) in [6.07, 6.45) is 8.32. The van der Waals surface area contributed by atoms with Crippen molar-refractivity contribution in [3.63, 3.8) is 0 Å². The van der Waals surface area contributed by atoms with Crippen LogP contribution in [0.4, 0.5) is 0 Å². The molecule has 0 saturated heterocycles. The van der Waals surface area contributed by atoms with E-state index in [-0.39, 0.29) is 5.56 Å². The lowest BCUT2D eigenvalue weighted by Crippen LogP contribution is -1.95. The number of carboxylic acid groups (broad SMARTS) is 1. The number of hydrogen-bond acceptors (Lipinski definition) is 3. The highest BCUT2D eigenvalue weighted by molar-refractivity contribution is 6.00. The number of hydrogen-bond donors (Lipinski definition) is 3. The molecule has 5 heterocycles. The minimum absolute atomic E-state index is 0.231. The van der Waals surface area contributed by atoms with Gasteiger partial charge in [0.25, 0.3) is 0 Å². The van der Waals surface area contributed by atoms with E-state index in [1.54, 1.807) is 12.1 Å². The van der Waals surface area contributed by atoms with Crippen LogP contribution in [0.1, 0.15) is 33.1 Å². The number of carbonyl (C=O) groups is 1. The van der Waals surface area contributed by atoms with Crippen LogP contribution in [0.3, 0.4) is 0 Å². The average molecular weight is 659 g/mol. The number of benzene rings is 4. The summed E-state index contributed by atoms with van der Waals surface area (Å²) in [5, 5.41) is 9.64. The van der Waals surface area contributed by atoms with Gasteiger partial charge in [0.15, 0.2) is 0 Å². The van der Waals surface area contributed by atoms with E-state index >= 15 is 0 Å². The van der Waals surface area contributed by atoms with E-state index in [4.69, 9.17) is 9.97 Å². The molecule has 7 aromatic rings. The Labute approximate surface area is 293 Å². The maximum absolute atomic E-state index is 11.8. The van der Waals surface area contributed by atoms with Crippen LogP contribution in [-0.2, 0) is 0 Å². The predicted molar refractivity (Wildman–Crippen MR) is 208 cm³/mol. The first-order valence-corrected chi connectivity index (χ1v) is 16.8. The summed E-state index contributed by atoms with van der Waals surface area (Å²) in [6, 6.07) is 46.2. The van der Waals surface area contributed by atoms with Gasteiger partial charge in [-0.3, -0.25) is 0 Å².